The van der Waals surface area contributed by atoms with Crippen LogP contribution in [0.5, 0.6) is 0 Å². The van der Waals surface area contributed by atoms with Gasteiger partial charge >= 0.3 is 0 Å². The van der Waals surface area contributed by atoms with Crippen molar-refractivity contribution >= 4 is 17.5 Å². The Labute approximate surface area is 134 Å². The molecule has 23 heavy (non-hydrogen) atoms. The highest BCUT2D eigenvalue weighted by Crippen LogP contribution is 1.98. The van der Waals surface area contributed by atoms with E-state index in [1.807, 2.05) is 30.3 Å². The first-order valence-corrected chi connectivity index (χ1v) is 7.20. The van der Waals surface area contributed by atoms with Crippen LogP contribution in [0.3, 0.4) is 0 Å². The third-order valence-corrected chi connectivity index (χ3v) is 2.99. The number of hydrogen-bond acceptors (Lipinski definition) is 4. The number of nitrogens with zero attached hydrogens (tertiary/aromatic N) is 2. The Morgan fingerprint density at radius 1 is 1.09 bits per heavy atom. The van der Waals surface area contributed by atoms with Gasteiger partial charge in [-0.1, -0.05) is 36.4 Å². The quantitative estimate of drug-likeness (QED) is 0.631. The van der Waals surface area contributed by atoms with Crippen molar-refractivity contribution in [3.05, 3.63) is 66.0 Å². The molecule has 1 aromatic heterocycles. The lowest BCUT2D eigenvalue weighted by Crippen LogP contribution is -2.26. The third kappa shape index (κ3) is 5.70. The van der Waals surface area contributed by atoms with Crippen molar-refractivity contribution in [2.75, 3.05) is 0 Å². The van der Waals surface area contributed by atoms with Crippen molar-refractivity contribution in [2.24, 2.45) is 5.10 Å². The van der Waals surface area contributed by atoms with Gasteiger partial charge in [-0.2, -0.15) is 5.10 Å². The summed E-state index contributed by atoms with van der Waals surface area (Å²) in [5, 5.41) is 6.72. The van der Waals surface area contributed by atoms with Crippen LogP contribution >= 0.6 is 0 Å². The summed E-state index contributed by atoms with van der Waals surface area (Å²) in [6.07, 6.45) is 1.65. The first-order chi connectivity index (χ1) is 11.1. The summed E-state index contributed by atoms with van der Waals surface area (Å²) >= 11 is 0. The van der Waals surface area contributed by atoms with Crippen molar-refractivity contribution in [1.82, 2.24) is 15.7 Å². The zero-order chi connectivity index (χ0) is 16.5. The second kappa shape index (κ2) is 8.43. The number of benzene rings is 1. The van der Waals surface area contributed by atoms with Crippen LogP contribution in [0.25, 0.3) is 0 Å². The Morgan fingerprint density at radius 2 is 1.83 bits per heavy atom. The third-order valence-electron chi connectivity index (χ3n) is 2.99. The molecule has 0 fully saturated rings. The van der Waals surface area contributed by atoms with Crippen LogP contribution in [0.4, 0.5) is 0 Å². The lowest BCUT2D eigenvalue weighted by molar-refractivity contribution is -0.120. The van der Waals surface area contributed by atoms with Crippen molar-refractivity contribution in [1.29, 1.82) is 0 Å². The number of carbonyl (C=O) groups is 2. The average Bonchev–Trinajstić information content (AvgIpc) is 2.59. The topological polar surface area (TPSA) is 83.5 Å². The molecule has 0 aliphatic rings. The van der Waals surface area contributed by atoms with E-state index in [0.29, 0.717) is 12.3 Å². The molecule has 0 spiro atoms. The lowest BCUT2D eigenvalue weighted by atomic mass is 10.2. The Kier molecular flexibility index (Phi) is 5.99. The highest BCUT2D eigenvalue weighted by atomic mass is 16.2. The summed E-state index contributed by atoms with van der Waals surface area (Å²) in [6, 6.07) is 14.7. The molecule has 1 heterocycles. The van der Waals surface area contributed by atoms with Crippen LogP contribution in [0.2, 0.25) is 0 Å². The molecule has 0 aliphatic carbocycles. The standard InChI is InChI=1S/C17H18N4O2/c1-13(20-21-17(23)15-9-5-6-10-18-15)11-16(22)19-12-14-7-3-2-4-8-14/h2-10H,11-12H2,1H3,(H,19,22)(H,21,23)/b20-13-. The highest BCUT2D eigenvalue weighted by Gasteiger charge is 2.07. The van der Waals surface area contributed by atoms with Crippen LogP contribution in [0, 0.1) is 0 Å². The molecule has 0 aliphatic heterocycles. The van der Waals surface area contributed by atoms with Gasteiger partial charge in [-0.25, -0.2) is 5.43 Å². The molecule has 0 saturated carbocycles. The zero-order valence-corrected chi connectivity index (χ0v) is 12.8. The van der Waals surface area contributed by atoms with E-state index in [1.54, 1.807) is 25.1 Å². The number of carbonyl (C=O) groups excluding carboxylic acids is 2. The first-order valence-electron chi connectivity index (χ1n) is 7.20. The Balaban J connectivity index is 1.78. The van der Waals surface area contributed by atoms with E-state index in [9.17, 15) is 9.59 Å². The van der Waals surface area contributed by atoms with E-state index >= 15 is 0 Å². The SMILES string of the molecule is C/C(CC(=O)NCc1ccccc1)=N/NC(=O)c1ccccn1. The van der Waals surface area contributed by atoms with Gasteiger partial charge in [-0.05, 0) is 24.6 Å². The molecule has 118 valence electrons. The molecule has 2 rings (SSSR count). The van der Waals surface area contributed by atoms with Crippen LogP contribution < -0.4 is 10.7 Å². The van der Waals surface area contributed by atoms with Gasteiger partial charge in [0.25, 0.3) is 5.91 Å². The van der Waals surface area contributed by atoms with Gasteiger partial charge in [0, 0.05) is 18.5 Å². The molecular weight excluding hydrogens is 292 g/mol. The fourth-order valence-corrected chi connectivity index (χ4v) is 1.83. The highest BCUT2D eigenvalue weighted by molar-refractivity contribution is 6.00. The Bertz CT molecular complexity index is 684. The molecule has 0 saturated heterocycles. The molecule has 6 heteroatoms. The van der Waals surface area contributed by atoms with E-state index in [4.69, 9.17) is 0 Å². The number of nitrogens with one attached hydrogen (secondary N) is 2. The Hall–Kier alpha value is -3.02. The smallest absolute Gasteiger partial charge is 0.289 e. The number of rotatable bonds is 6. The average molecular weight is 310 g/mol. The molecule has 0 atom stereocenters. The normalized spacial score (nSPS) is 10.9. The number of hydrogen-bond donors (Lipinski definition) is 2. The van der Waals surface area contributed by atoms with Gasteiger partial charge in [0.2, 0.25) is 5.91 Å². The molecule has 2 N–H and O–H groups in total. The molecule has 0 unspecified atom stereocenters. The second-order valence-electron chi connectivity index (χ2n) is 4.94. The predicted octanol–water partition coefficient (Wildman–Crippen LogP) is 1.89. The van der Waals surface area contributed by atoms with Gasteiger partial charge in [0.15, 0.2) is 0 Å². The maximum absolute atomic E-state index is 11.8. The van der Waals surface area contributed by atoms with Crippen molar-refractivity contribution < 1.29 is 9.59 Å². The number of pyridine rings is 1. The summed E-state index contributed by atoms with van der Waals surface area (Å²) in [5.41, 5.74) is 4.20. The number of aromatic nitrogens is 1. The maximum Gasteiger partial charge on any atom is 0.289 e. The minimum Gasteiger partial charge on any atom is -0.352 e. The van der Waals surface area contributed by atoms with E-state index in [1.165, 1.54) is 6.20 Å². The lowest BCUT2D eigenvalue weighted by Gasteiger charge is -2.05. The summed E-state index contributed by atoms with van der Waals surface area (Å²) in [5.74, 6) is -0.558. The van der Waals surface area contributed by atoms with Crippen LogP contribution in [-0.2, 0) is 11.3 Å². The monoisotopic (exact) mass is 310 g/mol. The molecule has 0 bridgehead atoms. The van der Waals surface area contributed by atoms with E-state index in [2.05, 4.69) is 20.8 Å². The maximum atomic E-state index is 11.8. The summed E-state index contributed by atoms with van der Waals surface area (Å²) < 4.78 is 0. The molecule has 2 aromatic rings. The first kappa shape index (κ1) is 16.4. The van der Waals surface area contributed by atoms with E-state index in [-0.39, 0.29) is 18.0 Å². The fraction of sp³-hybridized carbons (Fsp3) is 0.176. The van der Waals surface area contributed by atoms with Crippen molar-refractivity contribution in [2.45, 2.75) is 19.9 Å². The largest absolute Gasteiger partial charge is 0.352 e. The van der Waals surface area contributed by atoms with Gasteiger partial charge < -0.3 is 5.32 Å². The molecule has 0 radical (unpaired) electrons. The van der Waals surface area contributed by atoms with Crippen molar-refractivity contribution in [3.63, 3.8) is 0 Å². The van der Waals surface area contributed by atoms with E-state index in [0.717, 1.165) is 5.56 Å². The second-order valence-corrected chi connectivity index (χ2v) is 4.94. The van der Waals surface area contributed by atoms with Crippen LogP contribution in [-0.4, -0.2) is 22.5 Å². The number of amides is 2. The fourth-order valence-electron chi connectivity index (χ4n) is 1.83. The predicted molar refractivity (Wildman–Crippen MR) is 87.7 cm³/mol. The summed E-state index contributed by atoms with van der Waals surface area (Å²) in [4.78, 5) is 27.5. The van der Waals surface area contributed by atoms with Gasteiger partial charge in [0.05, 0.1) is 6.42 Å². The van der Waals surface area contributed by atoms with Crippen LogP contribution in [0.15, 0.2) is 59.8 Å². The minimum absolute atomic E-state index is 0.120. The zero-order valence-electron chi connectivity index (χ0n) is 12.8. The number of hydrazone groups is 1. The van der Waals surface area contributed by atoms with Crippen molar-refractivity contribution in [3.8, 4) is 0 Å². The Morgan fingerprint density at radius 3 is 2.52 bits per heavy atom. The van der Waals surface area contributed by atoms with Crippen LogP contribution in [0.1, 0.15) is 29.4 Å². The summed E-state index contributed by atoms with van der Waals surface area (Å²) in [7, 11) is 0. The molecule has 1 aromatic carbocycles. The van der Waals surface area contributed by atoms with E-state index < -0.39 is 5.91 Å². The van der Waals surface area contributed by atoms with Gasteiger partial charge in [-0.15, -0.1) is 0 Å². The minimum atomic E-state index is -0.408. The van der Waals surface area contributed by atoms with Gasteiger partial charge in [-0.3, -0.25) is 14.6 Å². The molecule has 6 nitrogen and oxygen atoms in total. The summed E-state index contributed by atoms with van der Waals surface area (Å²) in [6.45, 7) is 2.15. The van der Waals surface area contributed by atoms with Gasteiger partial charge in [0.1, 0.15) is 5.69 Å². The molecule has 2 amide bonds. The molecular formula is C17H18N4O2.